The lowest BCUT2D eigenvalue weighted by molar-refractivity contribution is -0.245. The van der Waals surface area contributed by atoms with Crippen LogP contribution in [0, 0.1) is 0 Å². The van der Waals surface area contributed by atoms with Crippen molar-refractivity contribution in [3.05, 3.63) is 130 Å². The van der Waals surface area contributed by atoms with Gasteiger partial charge in [0.1, 0.15) is 0 Å². The number of thioether (sulfide) groups is 1. The Morgan fingerprint density at radius 1 is 0.744 bits per heavy atom. The molecule has 2 N–H and O–H groups in total. The van der Waals surface area contributed by atoms with Crippen LogP contribution in [-0.4, -0.2) is 51.1 Å². The van der Waals surface area contributed by atoms with Crippen molar-refractivity contribution >= 4 is 23.6 Å². The molecule has 0 aliphatic carbocycles. The van der Waals surface area contributed by atoms with Crippen LogP contribution < -0.4 is 0 Å². The summed E-state index contributed by atoms with van der Waals surface area (Å²) in [5, 5.41) is 18.7. The van der Waals surface area contributed by atoms with E-state index in [-0.39, 0.29) is 43.8 Å². The summed E-state index contributed by atoms with van der Waals surface area (Å²) in [6.07, 6.45) is -0.112. The first-order valence-corrected chi connectivity index (χ1v) is 15.5. The summed E-state index contributed by atoms with van der Waals surface area (Å²) in [6, 6.07) is 30.6. The third kappa shape index (κ3) is 6.30. The Morgan fingerprint density at radius 2 is 1.37 bits per heavy atom. The van der Waals surface area contributed by atoms with Gasteiger partial charge in [-0.3, -0.25) is 14.5 Å². The summed E-state index contributed by atoms with van der Waals surface area (Å²) in [7, 11) is 0. The lowest BCUT2D eigenvalue weighted by atomic mass is 9.97. The maximum atomic E-state index is 13.0. The van der Waals surface area contributed by atoms with Crippen molar-refractivity contribution in [2.45, 2.75) is 38.1 Å². The molecule has 4 aromatic rings. The van der Waals surface area contributed by atoms with Crippen LogP contribution in [0.3, 0.4) is 0 Å². The Hall–Kier alpha value is -3.79. The number of ether oxygens (including phenoxy) is 2. The second-order valence-electron chi connectivity index (χ2n) is 10.7. The van der Waals surface area contributed by atoms with E-state index in [9.17, 15) is 19.8 Å². The van der Waals surface area contributed by atoms with Crippen LogP contribution in [0.5, 0.6) is 0 Å². The van der Waals surface area contributed by atoms with E-state index < -0.39 is 6.29 Å². The second-order valence-corrected chi connectivity index (χ2v) is 11.8. The molecule has 0 bridgehead atoms. The number of carbonyl (C=O) groups is 2. The molecule has 220 valence electrons. The number of carbonyl (C=O) groups excluding carboxylic acids is 2. The van der Waals surface area contributed by atoms with Crippen LogP contribution in [0.4, 0.5) is 0 Å². The monoisotopic (exact) mass is 595 g/mol. The molecule has 0 aromatic heterocycles. The van der Waals surface area contributed by atoms with Crippen LogP contribution in [0.25, 0.3) is 11.1 Å². The number of fused-ring (bicyclic) bond motifs is 1. The molecule has 8 heteroatoms. The second kappa shape index (κ2) is 13.2. The van der Waals surface area contributed by atoms with E-state index in [0.717, 1.165) is 39.1 Å². The van der Waals surface area contributed by atoms with Gasteiger partial charge in [0, 0.05) is 23.5 Å². The van der Waals surface area contributed by atoms with Gasteiger partial charge in [-0.1, -0.05) is 84.9 Å². The maximum absolute atomic E-state index is 13.0. The van der Waals surface area contributed by atoms with Crippen LogP contribution in [0.2, 0.25) is 0 Å². The van der Waals surface area contributed by atoms with Crippen molar-refractivity contribution in [1.29, 1.82) is 0 Å². The van der Waals surface area contributed by atoms with E-state index >= 15 is 0 Å². The summed E-state index contributed by atoms with van der Waals surface area (Å²) in [4.78, 5) is 27.3. The van der Waals surface area contributed by atoms with E-state index in [0.29, 0.717) is 23.3 Å². The Labute approximate surface area is 255 Å². The molecule has 6 rings (SSSR count). The van der Waals surface area contributed by atoms with Crippen molar-refractivity contribution in [2.75, 3.05) is 18.1 Å². The van der Waals surface area contributed by atoms with Crippen molar-refractivity contribution in [3.63, 3.8) is 0 Å². The minimum absolute atomic E-state index is 0.00820. The average Bonchev–Trinajstić information content (AvgIpc) is 3.30. The molecule has 2 aliphatic heterocycles. The first kappa shape index (κ1) is 29.3. The first-order chi connectivity index (χ1) is 21.1. The number of hydrogen-bond acceptors (Lipinski definition) is 7. The summed E-state index contributed by atoms with van der Waals surface area (Å²) in [6.45, 7) is 0.300. The number of amides is 2. The summed E-state index contributed by atoms with van der Waals surface area (Å²) in [5.74, 6) is 0.847. The van der Waals surface area contributed by atoms with E-state index in [1.165, 1.54) is 4.90 Å². The minimum atomic E-state index is -0.571. The Balaban J connectivity index is 1.22. The number of imide groups is 1. The van der Waals surface area contributed by atoms with Gasteiger partial charge in [0.2, 0.25) is 0 Å². The molecule has 0 spiro atoms. The third-order valence-electron chi connectivity index (χ3n) is 7.87. The van der Waals surface area contributed by atoms with Crippen LogP contribution in [-0.2, 0) is 22.6 Å². The van der Waals surface area contributed by atoms with Crippen molar-refractivity contribution in [2.24, 2.45) is 0 Å². The predicted molar refractivity (Wildman–Crippen MR) is 165 cm³/mol. The topological polar surface area (TPSA) is 96.3 Å². The largest absolute Gasteiger partial charge is 0.396 e. The summed E-state index contributed by atoms with van der Waals surface area (Å²) < 4.78 is 12.8. The molecule has 3 atom stereocenters. The van der Waals surface area contributed by atoms with Crippen LogP contribution in [0.1, 0.15) is 61.8 Å². The molecular weight excluding hydrogens is 562 g/mol. The number of rotatable bonds is 10. The highest BCUT2D eigenvalue weighted by Gasteiger charge is 2.35. The average molecular weight is 596 g/mol. The van der Waals surface area contributed by atoms with Gasteiger partial charge in [-0.05, 0) is 39.9 Å². The van der Waals surface area contributed by atoms with Crippen molar-refractivity contribution in [3.8, 4) is 11.1 Å². The van der Waals surface area contributed by atoms with Gasteiger partial charge in [-0.25, -0.2) is 0 Å². The zero-order chi connectivity index (χ0) is 29.8. The molecule has 1 saturated heterocycles. The quantitative estimate of drug-likeness (QED) is 0.174. The van der Waals surface area contributed by atoms with Gasteiger partial charge >= 0.3 is 0 Å². The molecule has 0 radical (unpaired) electrons. The fourth-order valence-electron chi connectivity index (χ4n) is 5.61. The van der Waals surface area contributed by atoms with Gasteiger partial charge in [-0.15, -0.1) is 0 Å². The fraction of sp³-hybridized carbons (Fsp3) is 0.257. The maximum Gasteiger partial charge on any atom is 0.261 e. The zero-order valence-electron chi connectivity index (χ0n) is 23.6. The highest BCUT2D eigenvalue weighted by Crippen LogP contribution is 2.39. The number of aliphatic hydroxyl groups is 2. The highest BCUT2D eigenvalue weighted by molar-refractivity contribution is 7.99. The fourth-order valence-corrected chi connectivity index (χ4v) is 6.39. The minimum Gasteiger partial charge on any atom is -0.396 e. The Bertz CT molecular complexity index is 1550. The molecule has 1 fully saturated rings. The number of benzene rings is 4. The standard InChI is InChI=1S/C35H33NO6S/c37-17-18-43-22-28-19-32(25-11-9-23(21-38)10-12-25)42-35(41-28)26-15-13-24(14-16-26)29-6-2-1-5-27(29)20-36-33(39)30-7-3-4-8-31(30)34(36)40/h1-16,28,32,35,37-38H,17-22H2. The van der Waals surface area contributed by atoms with Gasteiger partial charge in [0.25, 0.3) is 11.8 Å². The third-order valence-corrected chi connectivity index (χ3v) is 8.95. The molecule has 2 heterocycles. The number of hydrogen-bond donors (Lipinski definition) is 2. The van der Waals surface area contributed by atoms with E-state index in [4.69, 9.17) is 9.47 Å². The summed E-state index contributed by atoms with van der Waals surface area (Å²) >= 11 is 1.66. The van der Waals surface area contributed by atoms with Gasteiger partial charge in [0.15, 0.2) is 6.29 Å². The van der Waals surface area contributed by atoms with E-state index in [2.05, 4.69) is 0 Å². The normalized spacial score (nSPS) is 20.0. The van der Waals surface area contributed by atoms with Crippen LogP contribution >= 0.6 is 11.8 Å². The van der Waals surface area contributed by atoms with E-state index in [1.807, 2.05) is 72.8 Å². The SMILES string of the molecule is O=C1c2ccccc2C(=O)N1Cc1ccccc1-c1ccc(C2OC(CSCCO)CC(c3ccc(CO)cc3)O2)cc1. The molecular formula is C35H33NO6S. The Morgan fingerprint density at radius 3 is 2.02 bits per heavy atom. The lowest BCUT2D eigenvalue weighted by Crippen LogP contribution is -2.31. The van der Waals surface area contributed by atoms with Gasteiger partial charge < -0.3 is 19.7 Å². The molecule has 2 amide bonds. The predicted octanol–water partition coefficient (Wildman–Crippen LogP) is 5.91. The molecule has 3 unspecified atom stereocenters. The zero-order valence-corrected chi connectivity index (χ0v) is 24.4. The molecule has 7 nitrogen and oxygen atoms in total. The van der Waals surface area contributed by atoms with E-state index in [1.54, 1.807) is 36.0 Å². The van der Waals surface area contributed by atoms with Gasteiger partial charge in [0.05, 0.1) is 43.1 Å². The van der Waals surface area contributed by atoms with Gasteiger partial charge in [-0.2, -0.15) is 11.8 Å². The molecule has 2 aliphatic rings. The number of aliphatic hydroxyl groups excluding tert-OH is 2. The Kier molecular flexibility index (Phi) is 9.02. The lowest BCUT2D eigenvalue weighted by Gasteiger charge is -2.36. The number of nitrogens with zero attached hydrogens (tertiary/aromatic N) is 1. The molecule has 43 heavy (non-hydrogen) atoms. The van der Waals surface area contributed by atoms with Crippen molar-refractivity contribution < 1.29 is 29.3 Å². The first-order valence-electron chi connectivity index (χ1n) is 14.4. The molecule has 0 saturated carbocycles. The molecule has 4 aromatic carbocycles. The summed E-state index contributed by atoms with van der Waals surface area (Å²) in [5.41, 5.74) is 6.42. The smallest absolute Gasteiger partial charge is 0.261 e. The van der Waals surface area contributed by atoms with Crippen LogP contribution in [0.15, 0.2) is 97.1 Å². The highest BCUT2D eigenvalue weighted by atomic mass is 32.2. The van der Waals surface area contributed by atoms with Crippen molar-refractivity contribution in [1.82, 2.24) is 4.90 Å².